The summed E-state index contributed by atoms with van der Waals surface area (Å²) in [6.45, 7) is 0. The number of rotatable bonds is 4. The van der Waals surface area contributed by atoms with Gasteiger partial charge in [0.15, 0.2) is 0 Å². The van der Waals surface area contributed by atoms with Crippen LogP contribution in [0.4, 0.5) is 5.69 Å². The molecule has 0 aliphatic heterocycles. The summed E-state index contributed by atoms with van der Waals surface area (Å²) in [4.78, 5) is 0.459. The highest BCUT2D eigenvalue weighted by Crippen LogP contribution is 2.33. The molecule has 2 aromatic rings. The molecular formula is C17H20N2S2. The Morgan fingerprint density at radius 3 is 2.62 bits per heavy atom. The van der Waals surface area contributed by atoms with E-state index in [0.717, 1.165) is 16.2 Å². The van der Waals surface area contributed by atoms with E-state index in [4.69, 9.17) is 18.0 Å². The Morgan fingerprint density at radius 2 is 1.95 bits per heavy atom. The van der Waals surface area contributed by atoms with Crippen molar-refractivity contribution in [2.24, 2.45) is 5.73 Å². The van der Waals surface area contributed by atoms with Gasteiger partial charge in [-0.1, -0.05) is 36.5 Å². The zero-order chi connectivity index (χ0) is 14.8. The predicted octanol–water partition coefficient (Wildman–Crippen LogP) is 4.17. The van der Waals surface area contributed by atoms with Gasteiger partial charge in [0, 0.05) is 27.9 Å². The summed E-state index contributed by atoms with van der Waals surface area (Å²) in [5.74, 6) is 0. The first-order valence-corrected chi connectivity index (χ1v) is 8.99. The molecule has 0 radical (unpaired) electrons. The van der Waals surface area contributed by atoms with Crippen LogP contribution < -0.4 is 11.1 Å². The Balaban J connectivity index is 1.93. The van der Waals surface area contributed by atoms with Crippen molar-refractivity contribution in [1.29, 1.82) is 0 Å². The third-order valence-corrected chi connectivity index (χ3v) is 5.58. The number of nitrogens with one attached hydrogen (secondary N) is 1. The lowest BCUT2D eigenvalue weighted by Crippen LogP contribution is -2.17. The first-order valence-electron chi connectivity index (χ1n) is 7.30. The van der Waals surface area contributed by atoms with Crippen molar-refractivity contribution in [3.05, 3.63) is 42.0 Å². The summed E-state index contributed by atoms with van der Waals surface area (Å²) in [6, 6.07) is 13.1. The fourth-order valence-electron chi connectivity index (χ4n) is 3.15. The monoisotopic (exact) mass is 316 g/mol. The quantitative estimate of drug-likeness (QED) is 0.830. The molecule has 1 fully saturated rings. The topological polar surface area (TPSA) is 38.0 Å². The molecule has 4 heteroatoms. The van der Waals surface area contributed by atoms with Crippen molar-refractivity contribution in [2.45, 2.75) is 30.6 Å². The van der Waals surface area contributed by atoms with Crippen LogP contribution in [0.25, 0.3) is 10.8 Å². The third kappa shape index (κ3) is 3.01. The van der Waals surface area contributed by atoms with Crippen LogP contribution in [0.3, 0.4) is 0 Å². The van der Waals surface area contributed by atoms with E-state index in [-0.39, 0.29) is 0 Å². The lowest BCUT2D eigenvalue weighted by Gasteiger charge is -2.17. The Kier molecular flexibility index (Phi) is 4.36. The first-order chi connectivity index (χ1) is 10.2. The van der Waals surface area contributed by atoms with Gasteiger partial charge in [0.2, 0.25) is 0 Å². The molecule has 0 bridgehead atoms. The summed E-state index contributed by atoms with van der Waals surface area (Å²) >= 11 is 7.15. The summed E-state index contributed by atoms with van der Waals surface area (Å²) < 4.78 is 0. The van der Waals surface area contributed by atoms with Crippen LogP contribution in [0, 0.1) is 0 Å². The molecule has 2 atom stereocenters. The number of thiocarbonyl (C=S) groups is 1. The van der Waals surface area contributed by atoms with Crippen molar-refractivity contribution >= 4 is 45.4 Å². The molecule has 1 aliphatic carbocycles. The molecule has 3 rings (SSSR count). The van der Waals surface area contributed by atoms with E-state index >= 15 is 0 Å². The Hall–Kier alpha value is -1.26. The molecule has 0 spiro atoms. The minimum absolute atomic E-state index is 0.459. The Labute approximate surface area is 135 Å². The first kappa shape index (κ1) is 14.7. The van der Waals surface area contributed by atoms with Crippen LogP contribution in [0.2, 0.25) is 0 Å². The minimum Gasteiger partial charge on any atom is -0.389 e. The second kappa shape index (κ2) is 6.24. The van der Waals surface area contributed by atoms with E-state index in [2.05, 4.69) is 35.8 Å². The summed E-state index contributed by atoms with van der Waals surface area (Å²) in [5, 5.41) is 6.85. The summed E-state index contributed by atoms with van der Waals surface area (Å²) in [5.41, 5.74) is 7.99. The number of nitrogens with two attached hydrogens (primary N) is 1. The average Bonchev–Trinajstić information content (AvgIpc) is 2.95. The molecule has 0 saturated heterocycles. The van der Waals surface area contributed by atoms with Gasteiger partial charge in [0.1, 0.15) is 4.99 Å². The molecule has 2 aromatic carbocycles. The van der Waals surface area contributed by atoms with E-state index in [0.29, 0.717) is 11.0 Å². The van der Waals surface area contributed by atoms with E-state index in [1.54, 1.807) is 0 Å². The van der Waals surface area contributed by atoms with E-state index < -0.39 is 0 Å². The fraction of sp³-hybridized carbons (Fsp3) is 0.353. The summed E-state index contributed by atoms with van der Waals surface area (Å²) in [7, 11) is 0. The number of hydrogen-bond donors (Lipinski definition) is 2. The normalized spacial score (nSPS) is 21.6. The highest BCUT2D eigenvalue weighted by atomic mass is 32.2. The highest BCUT2D eigenvalue weighted by molar-refractivity contribution is 7.99. The van der Waals surface area contributed by atoms with Gasteiger partial charge in [-0.05, 0) is 43.0 Å². The number of hydrogen-bond acceptors (Lipinski definition) is 3. The molecule has 0 heterocycles. The summed E-state index contributed by atoms with van der Waals surface area (Å²) in [6.07, 6.45) is 6.00. The van der Waals surface area contributed by atoms with Crippen molar-refractivity contribution in [1.82, 2.24) is 0 Å². The van der Waals surface area contributed by atoms with Crippen LogP contribution in [-0.4, -0.2) is 22.5 Å². The van der Waals surface area contributed by atoms with Gasteiger partial charge in [0.05, 0.1) is 0 Å². The molecule has 21 heavy (non-hydrogen) atoms. The third-order valence-electron chi connectivity index (χ3n) is 4.27. The van der Waals surface area contributed by atoms with Crippen LogP contribution in [0.1, 0.15) is 24.8 Å². The highest BCUT2D eigenvalue weighted by Gasteiger charge is 2.24. The van der Waals surface area contributed by atoms with Gasteiger partial charge in [-0.3, -0.25) is 0 Å². The molecule has 0 amide bonds. The molecule has 2 nitrogen and oxygen atoms in total. The van der Waals surface area contributed by atoms with Crippen LogP contribution in [0.15, 0.2) is 36.4 Å². The van der Waals surface area contributed by atoms with Gasteiger partial charge >= 0.3 is 0 Å². The zero-order valence-electron chi connectivity index (χ0n) is 12.1. The second-order valence-corrected chi connectivity index (χ2v) is 7.16. The lowest BCUT2D eigenvalue weighted by atomic mass is 10.0. The largest absolute Gasteiger partial charge is 0.389 e. The minimum atomic E-state index is 0.459. The van der Waals surface area contributed by atoms with Gasteiger partial charge in [0.25, 0.3) is 0 Å². The molecule has 1 aliphatic rings. The van der Waals surface area contributed by atoms with E-state index in [9.17, 15) is 0 Å². The van der Waals surface area contributed by atoms with Crippen molar-refractivity contribution in [3.8, 4) is 0 Å². The predicted molar refractivity (Wildman–Crippen MR) is 98.4 cm³/mol. The zero-order valence-corrected chi connectivity index (χ0v) is 13.8. The van der Waals surface area contributed by atoms with Gasteiger partial charge < -0.3 is 11.1 Å². The SMILES string of the molecule is CSC1CCC(Nc2ccc(C(N)=S)c3ccccc23)C1. The van der Waals surface area contributed by atoms with Crippen molar-refractivity contribution in [3.63, 3.8) is 0 Å². The van der Waals surface area contributed by atoms with Crippen LogP contribution in [-0.2, 0) is 0 Å². The van der Waals surface area contributed by atoms with Crippen molar-refractivity contribution in [2.75, 3.05) is 11.6 Å². The van der Waals surface area contributed by atoms with Gasteiger partial charge in [-0.2, -0.15) is 11.8 Å². The molecular weight excluding hydrogens is 296 g/mol. The van der Waals surface area contributed by atoms with Crippen LogP contribution in [0.5, 0.6) is 0 Å². The molecule has 1 saturated carbocycles. The maximum absolute atomic E-state index is 5.84. The Morgan fingerprint density at radius 1 is 1.19 bits per heavy atom. The van der Waals surface area contributed by atoms with Crippen molar-refractivity contribution < 1.29 is 0 Å². The number of anilines is 1. The number of benzene rings is 2. The van der Waals surface area contributed by atoms with E-state index in [1.165, 1.54) is 30.3 Å². The molecule has 2 unspecified atom stereocenters. The number of fused-ring (bicyclic) bond motifs is 1. The molecule has 110 valence electrons. The standard InChI is InChI=1S/C17H20N2S2/c1-21-12-7-6-11(10-12)19-16-9-8-15(17(18)20)13-4-2-3-5-14(13)16/h2-5,8-9,11-12,19H,6-7,10H2,1H3,(H2,18,20). The molecule has 3 N–H and O–H groups in total. The Bertz CT molecular complexity index is 669. The molecule has 0 aromatic heterocycles. The average molecular weight is 316 g/mol. The smallest absolute Gasteiger partial charge is 0.104 e. The van der Waals surface area contributed by atoms with E-state index in [1.807, 2.05) is 23.9 Å². The van der Waals surface area contributed by atoms with Gasteiger partial charge in [-0.25, -0.2) is 0 Å². The fourth-order valence-corrected chi connectivity index (χ4v) is 4.12. The lowest BCUT2D eigenvalue weighted by molar-refractivity contribution is 0.758. The van der Waals surface area contributed by atoms with Crippen LogP contribution >= 0.6 is 24.0 Å². The van der Waals surface area contributed by atoms with Gasteiger partial charge in [-0.15, -0.1) is 0 Å². The number of thioether (sulfide) groups is 1. The second-order valence-electron chi connectivity index (χ2n) is 5.58. The maximum Gasteiger partial charge on any atom is 0.104 e. The maximum atomic E-state index is 5.84.